The lowest BCUT2D eigenvalue weighted by Gasteiger charge is -2.16. The van der Waals surface area contributed by atoms with Crippen LogP contribution in [-0.4, -0.2) is 24.1 Å². The van der Waals surface area contributed by atoms with Crippen molar-refractivity contribution in [1.29, 1.82) is 0 Å². The molecule has 2 aliphatic rings. The maximum absolute atomic E-state index is 12.4. The molecule has 3 nitrogen and oxygen atoms in total. The Morgan fingerprint density at radius 1 is 1.37 bits per heavy atom. The second-order valence-electron chi connectivity index (χ2n) is 6.30. The van der Waals surface area contributed by atoms with Crippen LogP contribution in [0.25, 0.3) is 0 Å². The zero-order valence-corrected chi connectivity index (χ0v) is 11.7. The molecule has 0 bridgehead atoms. The first-order valence-corrected chi connectivity index (χ1v) is 6.92. The van der Waals surface area contributed by atoms with Crippen LogP contribution < -0.4 is 4.74 Å². The van der Waals surface area contributed by atoms with Crippen molar-refractivity contribution < 1.29 is 14.3 Å². The highest BCUT2D eigenvalue weighted by Gasteiger charge is 2.32. The van der Waals surface area contributed by atoms with E-state index in [2.05, 4.69) is 13.8 Å². The monoisotopic (exact) mass is 260 g/mol. The first kappa shape index (κ1) is 12.7. The normalized spacial score (nSPS) is 27.9. The molecule has 1 aromatic carbocycles. The van der Waals surface area contributed by atoms with Gasteiger partial charge in [0.15, 0.2) is 5.78 Å². The molecule has 0 aliphatic carbocycles. The van der Waals surface area contributed by atoms with Gasteiger partial charge in [-0.15, -0.1) is 0 Å². The Balaban J connectivity index is 1.82. The second kappa shape index (κ2) is 4.34. The lowest BCUT2D eigenvalue weighted by atomic mass is 9.93. The summed E-state index contributed by atoms with van der Waals surface area (Å²) in [5.41, 5.74) is 1.78. The van der Waals surface area contributed by atoms with Crippen LogP contribution in [0.15, 0.2) is 18.2 Å². The van der Waals surface area contributed by atoms with E-state index in [0.717, 1.165) is 29.7 Å². The number of Topliss-reactive ketones (excluding diaryl/α,β-unsaturated/α-hetero) is 1. The Bertz CT molecular complexity index is 519. The Morgan fingerprint density at radius 2 is 2.16 bits per heavy atom. The standard InChI is InChI=1S/C16H20O3/c1-10-6-13(9-18-10)15(17)11-4-5-14-12(7-11)8-16(2,3)19-14/h4-5,7,10,13H,6,8-9H2,1-3H3. The van der Waals surface area contributed by atoms with E-state index in [-0.39, 0.29) is 23.4 Å². The Morgan fingerprint density at radius 3 is 2.84 bits per heavy atom. The van der Waals surface area contributed by atoms with Gasteiger partial charge in [0.2, 0.25) is 0 Å². The number of ether oxygens (including phenoxy) is 2. The molecule has 1 fully saturated rings. The summed E-state index contributed by atoms with van der Waals surface area (Å²) >= 11 is 0. The van der Waals surface area contributed by atoms with Crippen molar-refractivity contribution >= 4 is 5.78 Å². The summed E-state index contributed by atoms with van der Waals surface area (Å²) < 4.78 is 11.3. The fourth-order valence-corrected chi connectivity index (χ4v) is 3.00. The van der Waals surface area contributed by atoms with Crippen LogP contribution in [0.1, 0.15) is 43.1 Å². The van der Waals surface area contributed by atoms with Crippen molar-refractivity contribution in [2.24, 2.45) is 5.92 Å². The van der Waals surface area contributed by atoms with Gasteiger partial charge in [-0.2, -0.15) is 0 Å². The van der Waals surface area contributed by atoms with Crippen molar-refractivity contribution in [1.82, 2.24) is 0 Å². The molecule has 102 valence electrons. The van der Waals surface area contributed by atoms with Gasteiger partial charge < -0.3 is 9.47 Å². The van der Waals surface area contributed by atoms with Gasteiger partial charge in [-0.3, -0.25) is 4.79 Å². The Kier molecular flexibility index (Phi) is 2.90. The third-order valence-corrected chi connectivity index (χ3v) is 3.92. The smallest absolute Gasteiger partial charge is 0.168 e. The summed E-state index contributed by atoms with van der Waals surface area (Å²) in [7, 11) is 0. The molecule has 2 heterocycles. The molecule has 3 heteroatoms. The Hall–Kier alpha value is -1.35. The second-order valence-corrected chi connectivity index (χ2v) is 6.30. The number of hydrogen-bond donors (Lipinski definition) is 0. The number of carbonyl (C=O) groups is 1. The van der Waals surface area contributed by atoms with E-state index in [1.807, 2.05) is 25.1 Å². The lowest BCUT2D eigenvalue weighted by molar-refractivity contribution is 0.0877. The number of rotatable bonds is 2. The minimum Gasteiger partial charge on any atom is -0.487 e. The van der Waals surface area contributed by atoms with Crippen LogP contribution in [0.2, 0.25) is 0 Å². The number of carbonyl (C=O) groups excluding carboxylic acids is 1. The van der Waals surface area contributed by atoms with Crippen LogP contribution in [0, 0.1) is 5.92 Å². The zero-order chi connectivity index (χ0) is 13.6. The molecule has 1 aromatic rings. The number of benzene rings is 1. The molecule has 0 radical (unpaired) electrons. The van der Waals surface area contributed by atoms with Crippen molar-refractivity contribution in [3.05, 3.63) is 29.3 Å². The predicted octanol–water partition coefficient (Wildman–Crippen LogP) is 3.01. The highest BCUT2D eigenvalue weighted by Crippen LogP contribution is 2.36. The molecule has 2 atom stereocenters. The molecule has 0 saturated carbocycles. The topological polar surface area (TPSA) is 35.5 Å². The van der Waals surface area contributed by atoms with E-state index in [9.17, 15) is 4.79 Å². The highest BCUT2D eigenvalue weighted by molar-refractivity contribution is 5.98. The zero-order valence-electron chi connectivity index (χ0n) is 11.7. The van der Waals surface area contributed by atoms with Crippen LogP contribution in [0.4, 0.5) is 0 Å². The van der Waals surface area contributed by atoms with Crippen molar-refractivity contribution in [3.63, 3.8) is 0 Å². The minimum atomic E-state index is -0.158. The fourth-order valence-electron chi connectivity index (χ4n) is 3.00. The quantitative estimate of drug-likeness (QED) is 0.767. The molecule has 3 rings (SSSR count). The van der Waals surface area contributed by atoms with Crippen LogP contribution in [-0.2, 0) is 11.2 Å². The predicted molar refractivity (Wildman–Crippen MR) is 72.7 cm³/mol. The molecule has 0 spiro atoms. The SMILES string of the molecule is CC1CC(C(=O)c2ccc3c(c2)CC(C)(C)O3)CO1. The van der Waals surface area contributed by atoms with Crippen LogP contribution in [0.3, 0.4) is 0 Å². The first-order valence-electron chi connectivity index (χ1n) is 6.92. The van der Waals surface area contributed by atoms with Gasteiger partial charge in [-0.05, 0) is 51.0 Å². The Labute approximate surface area is 113 Å². The van der Waals surface area contributed by atoms with Crippen molar-refractivity contribution in [2.75, 3.05) is 6.61 Å². The average molecular weight is 260 g/mol. The van der Waals surface area contributed by atoms with Gasteiger partial charge in [0.25, 0.3) is 0 Å². The van der Waals surface area contributed by atoms with E-state index < -0.39 is 0 Å². The van der Waals surface area contributed by atoms with E-state index in [1.165, 1.54) is 0 Å². The summed E-state index contributed by atoms with van der Waals surface area (Å²) in [6.07, 6.45) is 1.89. The largest absolute Gasteiger partial charge is 0.487 e. The molecule has 2 unspecified atom stereocenters. The number of ketones is 1. The van der Waals surface area contributed by atoms with Gasteiger partial charge >= 0.3 is 0 Å². The summed E-state index contributed by atoms with van der Waals surface area (Å²) in [5, 5.41) is 0. The van der Waals surface area contributed by atoms with Crippen molar-refractivity contribution in [3.8, 4) is 5.75 Å². The molecular weight excluding hydrogens is 240 g/mol. The summed E-state index contributed by atoms with van der Waals surface area (Å²) in [6, 6.07) is 5.80. The van der Waals surface area contributed by atoms with E-state index in [4.69, 9.17) is 9.47 Å². The number of hydrogen-bond acceptors (Lipinski definition) is 3. The van der Waals surface area contributed by atoms with Gasteiger partial charge in [0.1, 0.15) is 11.4 Å². The molecule has 0 N–H and O–H groups in total. The molecule has 0 aromatic heterocycles. The van der Waals surface area contributed by atoms with Gasteiger partial charge in [0.05, 0.1) is 12.7 Å². The van der Waals surface area contributed by atoms with E-state index in [0.29, 0.717) is 6.61 Å². The summed E-state index contributed by atoms with van der Waals surface area (Å²) in [4.78, 5) is 12.4. The third-order valence-electron chi connectivity index (χ3n) is 3.92. The maximum Gasteiger partial charge on any atom is 0.168 e. The van der Waals surface area contributed by atoms with Crippen LogP contribution in [0.5, 0.6) is 5.75 Å². The fraction of sp³-hybridized carbons (Fsp3) is 0.562. The molecule has 1 saturated heterocycles. The van der Waals surface area contributed by atoms with E-state index >= 15 is 0 Å². The molecule has 0 amide bonds. The average Bonchev–Trinajstić information content (AvgIpc) is 2.88. The molecule has 19 heavy (non-hydrogen) atoms. The van der Waals surface area contributed by atoms with Gasteiger partial charge in [0, 0.05) is 17.9 Å². The summed E-state index contributed by atoms with van der Waals surface area (Å²) in [6.45, 7) is 6.72. The first-order chi connectivity index (χ1) is 8.94. The summed E-state index contributed by atoms with van der Waals surface area (Å²) in [5.74, 6) is 1.14. The van der Waals surface area contributed by atoms with Crippen LogP contribution >= 0.6 is 0 Å². The van der Waals surface area contributed by atoms with Gasteiger partial charge in [-0.1, -0.05) is 0 Å². The van der Waals surface area contributed by atoms with E-state index in [1.54, 1.807) is 0 Å². The third kappa shape index (κ3) is 2.39. The lowest BCUT2D eigenvalue weighted by Crippen LogP contribution is -2.24. The highest BCUT2D eigenvalue weighted by atomic mass is 16.5. The minimum absolute atomic E-state index is 0.0170. The maximum atomic E-state index is 12.4. The van der Waals surface area contributed by atoms with Gasteiger partial charge in [-0.25, -0.2) is 0 Å². The molecule has 2 aliphatic heterocycles. The number of fused-ring (bicyclic) bond motifs is 1. The molecular formula is C16H20O3. The van der Waals surface area contributed by atoms with Crippen molar-refractivity contribution in [2.45, 2.75) is 45.3 Å².